The molecule has 0 saturated heterocycles. The number of sulfonamides is 1. The third-order valence-corrected chi connectivity index (χ3v) is 4.74. The molecule has 0 aliphatic heterocycles. The van der Waals surface area contributed by atoms with E-state index in [0.29, 0.717) is 4.31 Å². The van der Waals surface area contributed by atoms with Crippen molar-refractivity contribution in [1.29, 1.82) is 0 Å². The summed E-state index contributed by atoms with van der Waals surface area (Å²) in [6.07, 6.45) is 2.56. The van der Waals surface area contributed by atoms with Crippen molar-refractivity contribution >= 4 is 21.7 Å². The Balaban J connectivity index is 2.51. The SMILES string of the molecule is COc1ccc(S(=O)(=O)N(CC(=O)O)c2cnn(C)c2)cc1F. The summed E-state index contributed by atoms with van der Waals surface area (Å²) in [5.41, 5.74) is 0.0612. The summed E-state index contributed by atoms with van der Waals surface area (Å²) in [5.74, 6) is -2.34. The molecule has 1 aromatic carbocycles. The van der Waals surface area contributed by atoms with E-state index in [4.69, 9.17) is 9.84 Å². The van der Waals surface area contributed by atoms with Crippen molar-refractivity contribution in [3.63, 3.8) is 0 Å². The molecular formula is C13H14FN3O5S. The summed E-state index contributed by atoms with van der Waals surface area (Å²) in [4.78, 5) is 10.6. The normalized spacial score (nSPS) is 11.3. The molecular weight excluding hydrogens is 329 g/mol. The van der Waals surface area contributed by atoms with Crippen LogP contribution in [-0.2, 0) is 21.9 Å². The van der Waals surface area contributed by atoms with Crippen LogP contribution in [0, 0.1) is 5.82 Å². The summed E-state index contributed by atoms with van der Waals surface area (Å²) >= 11 is 0. The van der Waals surface area contributed by atoms with Gasteiger partial charge >= 0.3 is 5.97 Å². The molecule has 1 heterocycles. The van der Waals surface area contributed by atoms with E-state index >= 15 is 0 Å². The molecule has 8 nitrogen and oxygen atoms in total. The van der Waals surface area contributed by atoms with Crippen LogP contribution < -0.4 is 9.04 Å². The van der Waals surface area contributed by atoms with Crippen LogP contribution in [0.2, 0.25) is 0 Å². The van der Waals surface area contributed by atoms with Gasteiger partial charge < -0.3 is 9.84 Å². The summed E-state index contributed by atoms with van der Waals surface area (Å²) in [5, 5.41) is 12.8. The highest BCUT2D eigenvalue weighted by molar-refractivity contribution is 7.92. The molecule has 23 heavy (non-hydrogen) atoms. The average Bonchev–Trinajstić information content (AvgIpc) is 2.90. The van der Waals surface area contributed by atoms with E-state index in [9.17, 15) is 17.6 Å². The second-order valence-electron chi connectivity index (χ2n) is 4.57. The lowest BCUT2D eigenvalue weighted by Gasteiger charge is -2.21. The smallest absolute Gasteiger partial charge is 0.324 e. The zero-order valence-electron chi connectivity index (χ0n) is 12.3. The van der Waals surface area contributed by atoms with Gasteiger partial charge in [0.05, 0.1) is 23.9 Å². The number of nitrogens with zero attached hydrogens (tertiary/aromatic N) is 3. The van der Waals surface area contributed by atoms with E-state index in [0.717, 1.165) is 18.2 Å². The Morgan fingerprint density at radius 2 is 2.17 bits per heavy atom. The van der Waals surface area contributed by atoms with Gasteiger partial charge in [0.2, 0.25) is 0 Å². The van der Waals surface area contributed by atoms with Gasteiger partial charge in [0, 0.05) is 13.2 Å². The molecule has 0 spiro atoms. The summed E-state index contributed by atoms with van der Waals surface area (Å²) < 4.78 is 45.8. The van der Waals surface area contributed by atoms with E-state index in [-0.39, 0.29) is 16.3 Å². The van der Waals surface area contributed by atoms with E-state index in [1.54, 1.807) is 7.05 Å². The van der Waals surface area contributed by atoms with Crippen molar-refractivity contribution in [3.8, 4) is 5.75 Å². The quantitative estimate of drug-likeness (QED) is 0.834. The molecule has 1 N–H and O–H groups in total. The zero-order valence-corrected chi connectivity index (χ0v) is 13.1. The number of benzene rings is 1. The Bertz CT molecular complexity index is 834. The van der Waals surface area contributed by atoms with Crippen molar-refractivity contribution in [2.24, 2.45) is 7.05 Å². The first-order valence-corrected chi connectivity index (χ1v) is 7.76. The maximum Gasteiger partial charge on any atom is 0.324 e. The zero-order chi connectivity index (χ0) is 17.2. The number of rotatable bonds is 6. The molecule has 0 fully saturated rings. The number of hydrogen-bond donors (Lipinski definition) is 1. The van der Waals surface area contributed by atoms with Crippen LogP contribution in [0.4, 0.5) is 10.1 Å². The van der Waals surface area contributed by atoms with Crippen molar-refractivity contribution in [2.75, 3.05) is 18.0 Å². The Kier molecular flexibility index (Phi) is 4.55. The van der Waals surface area contributed by atoms with Gasteiger partial charge in [0.15, 0.2) is 11.6 Å². The monoisotopic (exact) mass is 343 g/mol. The number of aliphatic carboxylic acids is 1. The van der Waals surface area contributed by atoms with Gasteiger partial charge in [-0.3, -0.25) is 13.8 Å². The highest BCUT2D eigenvalue weighted by Crippen LogP contribution is 2.26. The molecule has 124 valence electrons. The highest BCUT2D eigenvalue weighted by atomic mass is 32.2. The molecule has 0 amide bonds. The summed E-state index contributed by atoms with van der Waals surface area (Å²) in [6, 6.07) is 3.08. The maximum atomic E-state index is 13.8. The second-order valence-corrected chi connectivity index (χ2v) is 6.44. The molecule has 10 heteroatoms. The number of halogens is 1. The molecule has 1 aromatic heterocycles. The molecule has 0 bridgehead atoms. The van der Waals surface area contributed by atoms with Gasteiger partial charge in [-0.2, -0.15) is 5.10 Å². The number of aromatic nitrogens is 2. The fourth-order valence-corrected chi connectivity index (χ4v) is 3.31. The Morgan fingerprint density at radius 3 is 2.65 bits per heavy atom. The van der Waals surface area contributed by atoms with Gasteiger partial charge in [-0.05, 0) is 18.2 Å². The van der Waals surface area contributed by atoms with Crippen LogP contribution >= 0.6 is 0 Å². The minimum Gasteiger partial charge on any atom is -0.494 e. The molecule has 0 atom stereocenters. The van der Waals surface area contributed by atoms with Gasteiger partial charge in [-0.1, -0.05) is 0 Å². The van der Waals surface area contributed by atoms with E-state index in [1.165, 1.54) is 24.2 Å². The first kappa shape index (κ1) is 16.7. The largest absolute Gasteiger partial charge is 0.494 e. The average molecular weight is 343 g/mol. The molecule has 2 aromatic rings. The fraction of sp³-hybridized carbons (Fsp3) is 0.231. The van der Waals surface area contributed by atoms with Crippen LogP contribution in [0.15, 0.2) is 35.5 Å². The maximum absolute atomic E-state index is 13.8. The van der Waals surface area contributed by atoms with Gasteiger partial charge in [0.1, 0.15) is 6.54 Å². The molecule has 0 unspecified atom stereocenters. The molecule has 0 saturated carbocycles. The number of carboxylic acids is 1. The minimum atomic E-state index is -4.28. The standard InChI is InChI=1S/C13H14FN3O5S/c1-16-7-9(6-15-16)17(8-13(18)19)23(20,21)10-3-4-12(22-2)11(14)5-10/h3-7H,8H2,1-2H3,(H,18,19). The van der Waals surface area contributed by atoms with Crippen LogP contribution in [0.5, 0.6) is 5.75 Å². The lowest BCUT2D eigenvalue weighted by Crippen LogP contribution is -2.35. The third-order valence-electron chi connectivity index (χ3n) is 2.97. The van der Waals surface area contributed by atoms with Gasteiger partial charge in [-0.25, -0.2) is 12.8 Å². The van der Waals surface area contributed by atoms with Crippen LogP contribution in [0.1, 0.15) is 0 Å². The van der Waals surface area contributed by atoms with Gasteiger partial charge in [0.25, 0.3) is 10.0 Å². The molecule has 0 aliphatic carbocycles. The van der Waals surface area contributed by atoms with E-state index in [1.807, 2.05) is 0 Å². The van der Waals surface area contributed by atoms with Crippen LogP contribution in [-0.4, -0.2) is 42.9 Å². The van der Waals surface area contributed by atoms with Gasteiger partial charge in [-0.15, -0.1) is 0 Å². The van der Waals surface area contributed by atoms with Crippen molar-refractivity contribution in [2.45, 2.75) is 4.90 Å². The van der Waals surface area contributed by atoms with Crippen LogP contribution in [0.25, 0.3) is 0 Å². The number of carbonyl (C=O) groups is 1. The van der Waals surface area contributed by atoms with Crippen LogP contribution in [0.3, 0.4) is 0 Å². The number of anilines is 1. The van der Waals surface area contributed by atoms with E-state index < -0.39 is 28.4 Å². The number of ether oxygens (including phenoxy) is 1. The third kappa shape index (κ3) is 3.42. The Hall–Kier alpha value is -2.62. The molecule has 0 aliphatic rings. The molecule has 2 rings (SSSR count). The predicted octanol–water partition coefficient (Wildman–Crippen LogP) is 0.848. The minimum absolute atomic E-state index is 0.0612. The second kappa shape index (κ2) is 6.24. The number of hydrogen-bond acceptors (Lipinski definition) is 5. The lowest BCUT2D eigenvalue weighted by atomic mass is 10.3. The number of methoxy groups -OCH3 is 1. The van der Waals surface area contributed by atoms with Crippen molar-refractivity contribution < 1.29 is 27.4 Å². The van der Waals surface area contributed by atoms with Crippen molar-refractivity contribution in [1.82, 2.24) is 9.78 Å². The van der Waals surface area contributed by atoms with E-state index in [2.05, 4.69) is 5.10 Å². The number of carboxylic acid groups (broad SMARTS) is 1. The topological polar surface area (TPSA) is 102 Å². The number of aryl methyl sites for hydroxylation is 1. The summed E-state index contributed by atoms with van der Waals surface area (Å²) in [6.45, 7) is -0.818. The molecule has 0 radical (unpaired) electrons. The highest BCUT2D eigenvalue weighted by Gasteiger charge is 2.29. The first-order valence-electron chi connectivity index (χ1n) is 6.32. The first-order chi connectivity index (χ1) is 10.8. The summed E-state index contributed by atoms with van der Waals surface area (Å²) in [7, 11) is -1.47. The fourth-order valence-electron chi connectivity index (χ4n) is 1.91. The Labute approximate surface area is 131 Å². The van der Waals surface area contributed by atoms with Crippen molar-refractivity contribution in [3.05, 3.63) is 36.4 Å². The predicted molar refractivity (Wildman–Crippen MR) is 78.3 cm³/mol. The Morgan fingerprint density at radius 1 is 1.48 bits per heavy atom. The lowest BCUT2D eigenvalue weighted by molar-refractivity contribution is -0.135.